The Hall–Kier alpha value is -3.45. The Morgan fingerprint density at radius 3 is 2.68 bits per heavy atom. The lowest BCUT2D eigenvalue weighted by atomic mass is 10.2. The predicted octanol–water partition coefficient (Wildman–Crippen LogP) is 2.94. The molecule has 0 radical (unpaired) electrons. The highest BCUT2D eigenvalue weighted by atomic mass is 32.1. The summed E-state index contributed by atoms with van der Waals surface area (Å²) in [6.07, 6.45) is 3.51. The summed E-state index contributed by atoms with van der Waals surface area (Å²) in [5.74, 6) is 1.89. The van der Waals surface area contributed by atoms with Crippen LogP contribution in [0, 0.1) is 0 Å². The second-order valence-electron chi connectivity index (χ2n) is 5.91. The molecule has 0 saturated heterocycles. The number of hydrogen-bond acceptors (Lipinski definition) is 6. The number of benzene rings is 2. The van der Waals surface area contributed by atoms with Crippen molar-refractivity contribution in [3.63, 3.8) is 0 Å². The molecule has 0 aliphatic rings. The molecular formula is C21H17N3O3S. The molecule has 0 bridgehead atoms. The maximum atomic E-state index is 12.7. The molecule has 6 nitrogen and oxygen atoms in total. The maximum Gasteiger partial charge on any atom is 0.291 e. The van der Waals surface area contributed by atoms with Gasteiger partial charge in [-0.3, -0.25) is 4.79 Å². The molecule has 2 heterocycles. The number of methoxy groups -OCH3 is 1. The lowest BCUT2D eigenvalue weighted by Gasteiger charge is -2.03. The minimum Gasteiger partial charge on any atom is -0.496 e. The molecule has 140 valence electrons. The fourth-order valence-corrected chi connectivity index (χ4v) is 3.65. The van der Waals surface area contributed by atoms with E-state index in [0.29, 0.717) is 27.7 Å². The highest BCUT2D eigenvalue weighted by Crippen LogP contribution is 2.27. The summed E-state index contributed by atoms with van der Waals surface area (Å²) in [4.78, 5) is 17.8. The van der Waals surface area contributed by atoms with Gasteiger partial charge in [-0.2, -0.15) is 9.50 Å². The molecule has 0 N–H and O–H groups in total. The largest absolute Gasteiger partial charge is 0.496 e. The molecule has 0 unspecified atom stereocenters. The van der Waals surface area contributed by atoms with Crippen molar-refractivity contribution in [2.24, 2.45) is 0 Å². The number of fused-ring (bicyclic) bond motifs is 1. The second-order valence-corrected chi connectivity index (χ2v) is 6.92. The van der Waals surface area contributed by atoms with Crippen molar-refractivity contribution in [2.75, 3.05) is 13.7 Å². The summed E-state index contributed by atoms with van der Waals surface area (Å²) < 4.78 is 12.7. The van der Waals surface area contributed by atoms with Crippen molar-refractivity contribution >= 4 is 22.4 Å². The molecule has 0 atom stereocenters. The zero-order valence-corrected chi connectivity index (χ0v) is 16.0. The number of thiazole rings is 1. The third-order valence-electron chi connectivity index (χ3n) is 4.08. The minimum atomic E-state index is -0.194. The first kappa shape index (κ1) is 17.9. The van der Waals surface area contributed by atoms with Gasteiger partial charge in [-0.1, -0.05) is 48.3 Å². The van der Waals surface area contributed by atoms with Gasteiger partial charge >= 0.3 is 0 Å². The quantitative estimate of drug-likeness (QED) is 0.473. The normalized spacial score (nSPS) is 11.7. The van der Waals surface area contributed by atoms with Crippen molar-refractivity contribution in [2.45, 2.75) is 0 Å². The monoisotopic (exact) mass is 391 g/mol. The Morgan fingerprint density at radius 2 is 1.96 bits per heavy atom. The van der Waals surface area contributed by atoms with E-state index in [1.165, 1.54) is 15.9 Å². The smallest absolute Gasteiger partial charge is 0.291 e. The first-order valence-corrected chi connectivity index (χ1v) is 9.39. The molecule has 0 amide bonds. The van der Waals surface area contributed by atoms with Crippen molar-refractivity contribution in [1.29, 1.82) is 0 Å². The Kier molecular flexibility index (Phi) is 4.90. The molecule has 0 fully saturated rings. The topological polar surface area (TPSA) is 65.7 Å². The maximum absolute atomic E-state index is 12.7. The Bertz CT molecular complexity index is 1240. The summed E-state index contributed by atoms with van der Waals surface area (Å²) in [7, 11) is 1.59. The van der Waals surface area contributed by atoms with Gasteiger partial charge in [0.15, 0.2) is 5.82 Å². The number of aromatic nitrogens is 3. The molecule has 0 aliphatic carbocycles. The molecule has 0 aliphatic heterocycles. The van der Waals surface area contributed by atoms with Crippen molar-refractivity contribution in [3.05, 3.63) is 81.6 Å². The number of ether oxygens (including phenoxy) is 2. The number of rotatable bonds is 6. The Balaban J connectivity index is 1.69. The van der Waals surface area contributed by atoms with Gasteiger partial charge in [0.2, 0.25) is 4.96 Å². The fraction of sp³-hybridized carbons (Fsp3) is 0.0952. The molecule has 2 aromatic carbocycles. The second kappa shape index (κ2) is 7.66. The van der Waals surface area contributed by atoms with E-state index in [9.17, 15) is 4.79 Å². The van der Waals surface area contributed by atoms with E-state index >= 15 is 0 Å². The third kappa shape index (κ3) is 3.39. The number of hydrogen-bond donors (Lipinski definition) is 0. The van der Waals surface area contributed by atoms with Crippen LogP contribution in [-0.4, -0.2) is 28.3 Å². The molecule has 0 saturated carbocycles. The molecular weight excluding hydrogens is 374 g/mol. The molecule has 7 heteroatoms. The van der Waals surface area contributed by atoms with Gasteiger partial charge in [0.25, 0.3) is 5.56 Å². The Labute approximate surface area is 165 Å². The van der Waals surface area contributed by atoms with E-state index in [1.807, 2.05) is 54.6 Å². The summed E-state index contributed by atoms with van der Waals surface area (Å²) in [5, 5.41) is 4.38. The van der Waals surface area contributed by atoms with Crippen LogP contribution in [0.4, 0.5) is 0 Å². The summed E-state index contributed by atoms with van der Waals surface area (Å²) in [6, 6.07) is 15.0. The van der Waals surface area contributed by atoms with Gasteiger partial charge in [-0.05, 0) is 35.9 Å². The van der Waals surface area contributed by atoms with E-state index in [-0.39, 0.29) is 5.56 Å². The van der Waals surface area contributed by atoms with Gasteiger partial charge in [-0.15, -0.1) is 5.10 Å². The van der Waals surface area contributed by atoms with E-state index in [0.717, 1.165) is 16.9 Å². The van der Waals surface area contributed by atoms with Crippen molar-refractivity contribution in [3.8, 4) is 22.9 Å². The zero-order chi connectivity index (χ0) is 19.5. The average Bonchev–Trinajstić information content (AvgIpc) is 3.27. The first-order valence-electron chi connectivity index (χ1n) is 8.58. The highest BCUT2D eigenvalue weighted by molar-refractivity contribution is 7.15. The lowest BCUT2D eigenvalue weighted by molar-refractivity contribution is 0.363. The van der Waals surface area contributed by atoms with Crippen LogP contribution in [0.5, 0.6) is 11.5 Å². The summed E-state index contributed by atoms with van der Waals surface area (Å²) >= 11 is 1.30. The van der Waals surface area contributed by atoms with Crippen LogP contribution in [0.15, 0.2) is 66.0 Å². The van der Waals surface area contributed by atoms with Crippen LogP contribution in [-0.2, 0) is 0 Å². The standard InChI is InChI=1S/C21H17N3O3S/c1-3-12-27-15-10-8-14(9-11-15)13-18-20(25)24-21(28-18)22-19(23-24)16-6-4-5-7-17(16)26-2/h3-11,13H,1,12H2,2H3/b18-13+. The zero-order valence-electron chi connectivity index (χ0n) is 15.2. The SMILES string of the molecule is C=CCOc1ccc(/C=c2/sc3nc(-c4ccccc4OC)nn3c2=O)cc1. The molecule has 28 heavy (non-hydrogen) atoms. The summed E-state index contributed by atoms with van der Waals surface area (Å²) in [6.45, 7) is 4.08. The van der Waals surface area contributed by atoms with Crippen LogP contribution >= 0.6 is 11.3 Å². The third-order valence-corrected chi connectivity index (χ3v) is 5.03. The number of para-hydroxylation sites is 1. The van der Waals surface area contributed by atoms with Crippen molar-refractivity contribution in [1.82, 2.24) is 14.6 Å². The van der Waals surface area contributed by atoms with Crippen LogP contribution in [0.3, 0.4) is 0 Å². The van der Waals surface area contributed by atoms with E-state index < -0.39 is 0 Å². The molecule has 0 spiro atoms. The van der Waals surface area contributed by atoms with Gasteiger partial charge in [0.05, 0.1) is 17.2 Å². The van der Waals surface area contributed by atoms with Crippen LogP contribution in [0.2, 0.25) is 0 Å². The van der Waals surface area contributed by atoms with Crippen molar-refractivity contribution < 1.29 is 9.47 Å². The van der Waals surface area contributed by atoms with Gasteiger partial charge in [0, 0.05) is 0 Å². The molecule has 4 rings (SSSR count). The average molecular weight is 391 g/mol. The molecule has 2 aromatic heterocycles. The summed E-state index contributed by atoms with van der Waals surface area (Å²) in [5.41, 5.74) is 1.46. The van der Waals surface area contributed by atoms with Crippen LogP contribution in [0.25, 0.3) is 22.4 Å². The van der Waals surface area contributed by atoms with E-state index in [4.69, 9.17) is 9.47 Å². The van der Waals surface area contributed by atoms with Crippen LogP contribution < -0.4 is 19.6 Å². The van der Waals surface area contributed by atoms with Gasteiger partial charge in [0.1, 0.15) is 18.1 Å². The fourth-order valence-electron chi connectivity index (χ4n) is 2.74. The minimum absolute atomic E-state index is 0.194. The molecule has 4 aromatic rings. The van der Waals surface area contributed by atoms with Gasteiger partial charge in [-0.25, -0.2) is 0 Å². The first-order chi connectivity index (χ1) is 13.7. The van der Waals surface area contributed by atoms with Gasteiger partial charge < -0.3 is 9.47 Å². The predicted molar refractivity (Wildman–Crippen MR) is 110 cm³/mol. The van der Waals surface area contributed by atoms with E-state index in [1.54, 1.807) is 13.2 Å². The lowest BCUT2D eigenvalue weighted by Crippen LogP contribution is -2.23. The van der Waals surface area contributed by atoms with E-state index in [2.05, 4.69) is 16.7 Å². The Morgan fingerprint density at radius 1 is 1.18 bits per heavy atom. The highest BCUT2D eigenvalue weighted by Gasteiger charge is 2.14. The van der Waals surface area contributed by atoms with Crippen LogP contribution in [0.1, 0.15) is 5.56 Å². The number of nitrogens with zero attached hydrogens (tertiary/aromatic N) is 3.